The van der Waals surface area contributed by atoms with Crippen LogP contribution in [-0.4, -0.2) is 42.5 Å². The summed E-state index contributed by atoms with van der Waals surface area (Å²) in [5.41, 5.74) is 2.31. The molecule has 0 radical (unpaired) electrons. The first-order valence-electron chi connectivity index (χ1n) is 9.40. The van der Waals surface area contributed by atoms with Crippen molar-refractivity contribution in [3.63, 3.8) is 0 Å². The number of benzene rings is 1. The molecule has 5 rings (SSSR count). The Morgan fingerprint density at radius 3 is 2.65 bits per heavy atom. The number of carbonyl (C=O) groups is 1. The zero-order valence-electron chi connectivity index (χ0n) is 15.0. The summed E-state index contributed by atoms with van der Waals surface area (Å²) in [5, 5.41) is 9.30. The SMILES string of the molecule is Cn1cc(CC(=O)N2C3CCC2CC(n2ccnn2)C3)c2ccccc21. The first kappa shape index (κ1) is 15.6. The molecule has 3 aromatic rings. The van der Waals surface area contributed by atoms with E-state index in [4.69, 9.17) is 0 Å². The van der Waals surface area contributed by atoms with Gasteiger partial charge >= 0.3 is 0 Å². The molecular weight excluding hydrogens is 326 g/mol. The van der Waals surface area contributed by atoms with Gasteiger partial charge < -0.3 is 9.47 Å². The minimum atomic E-state index is 0.269. The third-order valence-corrected chi connectivity index (χ3v) is 6.13. The molecule has 6 nitrogen and oxygen atoms in total. The highest BCUT2D eigenvalue weighted by Gasteiger charge is 2.43. The number of aryl methyl sites for hydroxylation is 1. The Balaban J connectivity index is 1.36. The minimum Gasteiger partial charge on any atom is -0.350 e. The third-order valence-electron chi connectivity index (χ3n) is 6.13. The van der Waals surface area contributed by atoms with E-state index in [0.29, 0.717) is 24.5 Å². The monoisotopic (exact) mass is 349 g/mol. The molecule has 2 saturated heterocycles. The van der Waals surface area contributed by atoms with Gasteiger partial charge in [0.2, 0.25) is 5.91 Å². The van der Waals surface area contributed by atoms with E-state index in [9.17, 15) is 4.79 Å². The number of fused-ring (bicyclic) bond motifs is 3. The van der Waals surface area contributed by atoms with Gasteiger partial charge in [0.25, 0.3) is 0 Å². The van der Waals surface area contributed by atoms with Gasteiger partial charge in [-0.3, -0.25) is 4.79 Å². The van der Waals surface area contributed by atoms with E-state index >= 15 is 0 Å². The van der Waals surface area contributed by atoms with Crippen molar-refractivity contribution in [3.05, 3.63) is 48.4 Å². The van der Waals surface area contributed by atoms with Crippen LogP contribution in [0.25, 0.3) is 10.9 Å². The number of piperidine rings is 1. The van der Waals surface area contributed by atoms with E-state index in [1.807, 2.05) is 30.1 Å². The molecule has 26 heavy (non-hydrogen) atoms. The van der Waals surface area contributed by atoms with Crippen LogP contribution < -0.4 is 0 Å². The van der Waals surface area contributed by atoms with E-state index < -0.39 is 0 Å². The van der Waals surface area contributed by atoms with Gasteiger partial charge in [0.1, 0.15) is 0 Å². The predicted octanol–water partition coefficient (Wildman–Crippen LogP) is 2.71. The van der Waals surface area contributed by atoms with E-state index in [1.54, 1.807) is 6.20 Å². The van der Waals surface area contributed by atoms with Crippen LogP contribution in [0.5, 0.6) is 0 Å². The van der Waals surface area contributed by atoms with E-state index in [2.05, 4.69) is 38.1 Å². The quantitative estimate of drug-likeness (QED) is 0.730. The Bertz CT molecular complexity index is 930. The average molecular weight is 349 g/mol. The summed E-state index contributed by atoms with van der Waals surface area (Å²) in [4.78, 5) is 15.3. The number of para-hydroxylation sites is 1. The van der Waals surface area contributed by atoms with Crippen molar-refractivity contribution in [3.8, 4) is 0 Å². The Morgan fingerprint density at radius 1 is 1.15 bits per heavy atom. The number of rotatable bonds is 3. The first-order valence-corrected chi connectivity index (χ1v) is 9.40. The number of aromatic nitrogens is 4. The zero-order chi connectivity index (χ0) is 17.7. The normalized spacial score (nSPS) is 25.1. The van der Waals surface area contributed by atoms with Gasteiger partial charge in [-0.05, 0) is 37.3 Å². The van der Waals surface area contributed by atoms with E-state index in [1.165, 1.54) is 10.9 Å². The van der Waals surface area contributed by atoms with Crippen molar-refractivity contribution in [2.75, 3.05) is 0 Å². The maximum atomic E-state index is 13.2. The Hall–Kier alpha value is -2.63. The van der Waals surface area contributed by atoms with Crippen LogP contribution in [0.15, 0.2) is 42.9 Å². The Labute approximate surface area is 152 Å². The van der Waals surface area contributed by atoms with Gasteiger partial charge in [-0.25, -0.2) is 4.68 Å². The maximum Gasteiger partial charge on any atom is 0.227 e. The summed E-state index contributed by atoms with van der Waals surface area (Å²) in [6, 6.07) is 9.36. The fourth-order valence-electron chi connectivity index (χ4n) is 5.00. The summed E-state index contributed by atoms with van der Waals surface area (Å²) in [5.74, 6) is 0.269. The molecule has 2 aliphatic heterocycles. The van der Waals surface area contributed by atoms with Gasteiger partial charge in [-0.2, -0.15) is 0 Å². The molecule has 1 aromatic carbocycles. The third kappa shape index (κ3) is 2.43. The highest BCUT2D eigenvalue weighted by molar-refractivity contribution is 5.89. The lowest BCUT2D eigenvalue weighted by Gasteiger charge is -2.39. The average Bonchev–Trinajstić information content (AvgIpc) is 3.34. The number of carbonyl (C=O) groups excluding carboxylic acids is 1. The van der Waals surface area contributed by atoms with E-state index in [0.717, 1.165) is 31.2 Å². The lowest BCUT2D eigenvalue weighted by atomic mass is 9.96. The standard InChI is InChI=1S/C20H23N5O/c1-23-13-14(18-4-2-3-5-19(18)23)10-20(26)25-15-6-7-16(25)12-17(11-15)24-9-8-21-22-24/h2-5,8-9,13,15-17H,6-7,10-12H2,1H3. The second-order valence-electron chi connectivity index (χ2n) is 7.65. The van der Waals surface area contributed by atoms with Gasteiger partial charge in [-0.1, -0.05) is 23.4 Å². The molecule has 0 spiro atoms. The molecule has 0 aliphatic carbocycles. The molecule has 2 unspecified atom stereocenters. The molecule has 2 atom stereocenters. The van der Waals surface area contributed by atoms with Gasteiger partial charge in [-0.15, -0.1) is 5.10 Å². The highest BCUT2D eigenvalue weighted by atomic mass is 16.2. The minimum absolute atomic E-state index is 0.269. The van der Waals surface area contributed by atoms with Crippen molar-refractivity contribution >= 4 is 16.8 Å². The Kier molecular flexibility index (Phi) is 3.58. The number of nitrogens with zero attached hydrogens (tertiary/aromatic N) is 5. The van der Waals surface area contributed by atoms with Crippen LogP contribution in [0.3, 0.4) is 0 Å². The van der Waals surface area contributed by atoms with Gasteiger partial charge in [0, 0.05) is 42.4 Å². The van der Waals surface area contributed by atoms with Gasteiger partial charge in [0.05, 0.1) is 18.7 Å². The van der Waals surface area contributed by atoms with Crippen LogP contribution in [-0.2, 0) is 18.3 Å². The predicted molar refractivity (Wildman–Crippen MR) is 98.6 cm³/mol. The van der Waals surface area contributed by atoms with E-state index in [-0.39, 0.29) is 5.91 Å². The maximum absolute atomic E-state index is 13.2. The van der Waals surface area contributed by atoms with Crippen LogP contribution in [0, 0.1) is 0 Å². The number of hydrogen-bond acceptors (Lipinski definition) is 3. The summed E-state index contributed by atoms with van der Waals surface area (Å²) in [6.07, 6.45) is 10.5. The highest BCUT2D eigenvalue weighted by Crippen LogP contribution is 2.41. The molecule has 4 heterocycles. The van der Waals surface area contributed by atoms with Gasteiger partial charge in [0.15, 0.2) is 0 Å². The summed E-state index contributed by atoms with van der Waals surface area (Å²) >= 11 is 0. The second kappa shape index (κ2) is 5.97. The Morgan fingerprint density at radius 2 is 1.92 bits per heavy atom. The van der Waals surface area contributed by atoms with Crippen molar-refractivity contribution in [2.45, 2.75) is 50.2 Å². The molecular formula is C20H23N5O. The molecule has 0 N–H and O–H groups in total. The topological polar surface area (TPSA) is 56.0 Å². The summed E-state index contributed by atoms with van der Waals surface area (Å²) in [7, 11) is 2.05. The number of hydrogen-bond donors (Lipinski definition) is 0. The molecule has 0 saturated carbocycles. The lowest BCUT2D eigenvalue weighted by molar-refractivity contribution is -0.135. The van der Waals surface area contributed by atoms with Crippen molar-refractivity contribution in [1.29, 1.82) is 0 Å². The van der Waals surface area contributed by atoms with Crippen molar-refractivity contribution in [1.82, 2.24) is 24.5 Å². The lowest BCUT2D eigenvalue weighted by Crippen LogP contribution is -2.47. The van der Waals surface area contributed by atoms with Crippen LogP contribution in [0.4, 0.5) is 0 Å². The van der Waals surface area contributed by atoms with Crippen LogP contribution in [0.1, 0.15) is 37.3 Å². The van der Waals surface area contributed by atoms with Crippen LogP contribution in [0.2, 0.25) is 0 Å². The molecule has 134 valence electrons. The smallest absolute Gasteiger partial charge is 0.227 e. The van der Waals surface area contributed by atoms with Crippen molar-refractivity contribution in [2.24, 2.45) is 7.05 Å². The first-order chi connectivity index (χ1) is 12.7. The molecule has 2 aliphatic rings. The summed E-state index contributed by atoms with van der Waals surface area (Å²) < 4.78 is 4.08. The second-order valence-corrected chi connectivity index (χ2v) is 7.65. The van der Waals surface area contributed by atoms with Crippen LogP contribution >= 0.6 is 0 Å². The molecule has 2 fully saturated rings. The zero-order valence-corrected chi connectivity index (χ0v) is 15.0. The molecule has 2 aromatic heterocycles. The fourth-order valence-corrected chi connectivity index (χ4v) is 5.00. The number of amides is 1. The molecule has 2 bridgehead atoms. The molecule has 1 amide bonds. The molecule has 6 heteroatoms. The largest absolute Gasteiger partial charge is 0.350 e. The van der Waals surface area contributed by atoms with Crippen molar-refractivity contribution < 1.29 is 4.79 Å². The summed E-state index contributed by atoms with van der Waals surface area (Å²) in [6.45, 7) is 0. The fraction of sp³-hybridized carbons (Fsp3) is 0.450.